The second-order valence-corrected chi connectivity index (χ2v) is 9.77. The van der Waals surface area contributed by atoms with Gasteiger partial charge in [0.05, 0.1) is 6.07 Å². The van der Waals surface area contributed by atoms with E-state index < -0.39 is 29.7 Å². The fraction of sp³-hybridized carbons (Fsp3) is 0.556. The molecule has 0 spiro atoms. The standard InChI is InChI=1S/C27H40N4O4/c1-8-10-11-16-29-24(32)23(21-14-12-13-20(9-2)18-21)31(17-15-28)25(33)22(19(3)4)30-26(34)35-27(5,6)7/h9,12-14,18-19,22-23H,2,8,10-11,16-17H2,1,3-7H3,(H,29,32)(H,30,34). The molecule has 0 radical (unpaired) electrons. The summed E-state index contributed by atoms with van der Waals surface area (Å²) >= 11 is 0. The molecule has 0 aliphatic heterocycles. The first-order valence-corrected chi connectivity index (χ1v) is 12.1. The van der Waals surface area contributed by atoms with Crippen LogP contribution in [0.2, 0.25) is 0 Å². The number of benzene rings is 1. The predicted octanol–water partition coefficient (Wildman–Crippen LogP) is 4.58. The maximum atomic E-state index is 13.7. The Hall–Kier alpha value is -3.34. The minimum Gasteiger partial charge on any atom is -0.444 e. The fourth-order valence-corrected chi connectivity index (χ4v) is 3.51. The molecule has 1 aromatic rings. The zero-order valence-corrected chi connectivity index (χ0v) is 21.9. The highest BCUT2D eigenvalue weighted by Crippen LogP contribution is 2.25. The zero-order chi connectivity index (χ0) is 26.6. The normalized spacial score (nSPS) is 12.7. The van der Waals surface area contributed by atoms with Crippen LogP contribution in [0.4, 0.5) is 4.79 Å². The number of nitriles is 1. The Morgan fingerprint density at radius 3 is 2.46 bits per heavy atom. The van der Waals surface area contributed by atoms with Gasteiger partial charge in [0.25, 0.3) is 0 Å². The van der Waals surface area contributed by atoms with Crippen molar-refractivity contribution in [1.82, 2.24) is 15.5 Å². The third-order valence-corrected chi connectivity index (χ3v) is 5.23. The Bertz CT molecular complexity index is 914. The minimum atomic E-state index is -1.05. The highest BCUT2D eigenvalue weighted by atomic mass is 16.6. The molecule has 0 bridgehead atoms. The van der Waals surface area contributed by atoms with E-state index in [2.05, 4.69) is 24.1 Å². The van der Waals surface area contributed by atoms with Crippen LogP contribution >= 0.6 is 0 Å². The molecule has 2 atom stereocenters. The first-order valence-electron chi connectivity index (χ1n) is 12.1. The van der Waals surface area contributed by atoms with E-state index >= 15 is 0 Å². The van der Waals surface area contributed by atoms with Gasteiger partial charge in [0, 0.05) is 6.54 Å². The van der Waals surface area contributed by atoms with E-state index in [1.807, 2.05) is 12.1 Å². The highest BCUT2D eigenvalue weighted by Gasteiger charge is 2.37. The van der Waals surface area contributed by atoms with Crippen molar-refractivity contribution in [2.45, 2.75) is 78.5 Å². The summed E-state index contributed by atoms with van der Waals surface area (Å²) in [6, 6.07) is 7.09. The molecule has 0 aromatic heterocycles. The SMILES string of the molecule is C=Cc1cccc(C(C(=O)NCCCCC)N(CC#N)C(=O)C(NC(=O)OC(C)(C)C)C(C)C)c1. The monoisotopic (exact) mass is 484 g/mol. The van der Waals surface area contributed by atoms with Crippen LogP contribution in [-0.4, -0.2) is 47.5 Å². The number of carbonyl (C=O) groups excluding carboxylic acids is 3. The van der Waals surface area contributed by atoms with E-state index in [4.69, 9.17) is 4.74 Å². The predicted molar refractivity (Wildman–Crippen MR) is 137 cm³/mol. The quantitative estimate of drug-likeness (QED) is 0.333. The van der Waals surface area contributed by atoms with Gasteiger partial charge in [-0.2, -0.15) is 5.26 Å². The van der Waals surface area contributed by atoms with Crippen LogP contribution in [0.15, 0.2) is 30.8 Å². The van der Waals surface area contributed by atoms with Crippen molar-refractivity contribution in [3.8, 4) is 6.07 Å². The largest absolute Gasteiger partial charge is 0.444 e. The van der Waals surface area contributed by atoms with Gasteiger partial charge in [-0.3, -0.25) is 9.59 Å². The van der Waals surface area contributed by atoms with E-state index in [0.29, 0.717) is 12.1 Å². The Labute approximate surface area is 209 Å². The maximum absolute atomic E-state index is 13.7. The Balaban J connectivity index is 3.39. The summed E-state index contributed by atoms with van der Waals surface area (Å²) in [4.78, 5) is 40.8. The van der Waals surface area contributed by atoms with E-state index in [9.17, 15) is 19.6 Å². The van der Waals surface area contributed by atoms with Crippen LogP contribution in [0.5, 0.6) is 0 Å². The lowest BCUT2D eigenvalue weighted by atomic mass is 9.97. The summed E-state index contributed by atoms with van der Waals surface area (Å²) in [6.45, 7) is 14.7. The Morgan fingerprint density at radius 2 is 1.91 bits per heavy atom. The molecule has 3 amide bonds. The molecule has 0 saturated heterocycles. The van der Waals surface area contributed by atoms with E-state index in [1.165, 1.54) is 4.90 Å². The van der Waals surface area contributed by atoms with Crippen LogP contribution in [-0.2, 0) is 14.3 Å². The molecular weight excluding hydrogens is 444 g/mol. The van der Waals surface area contributed by atoms with Gasteiger partial charge in [-0.1, -0.05) is 64.5 Å². The molecule has 2 N–H and O–H groups in total. The van der Waals surface area contributed by atoms with Gasteiger partial charge in [0.2, 0.25) is 11.8 Å². The summed E-state index contributed by atoms with van der Waals surface area (Å²) in [5.74, 6) is -1.24. The number of unbranched alkanes of at least 4 members (excludes halogenated alkanes) is 2. The van der Waals surface area contributed by atoms with Crippen LogP contribution in [0.1, 0.15) is 78.0 Å². The second-order valence-electron chi connectivity index (χ2n) is 9.77. The average Bonchev–Trinajstić information content (AvgIpc) is 2.78. The topological polar surface area (TPSA) is 112 Å². The number of nitrogens with zero attached hydrogens (tertiary/aromatic N) is 2. The molecular formula is C27H40N4O4. The molecule has 1 aromatic carbocycles. The van der Waals surface area contributed by atoms with E-state index in [-0.39, 0.29) is 18.4 Å². The molecule has 35 heavy (non-hydrogen) atoms. The number of rotatable bonds is 12. The van der Waals surface area contributed by atoms with Crippen molar-refractivity contribution in [2.24, 2.45) is 5.92 Å². The summed E-state index contributed by atoms with van der Waals surface area (Å²) in [5, 5.41) is 15.1. The van der Waals surface area contributed by atoms with Gasteiger partial charge in [0.15, 0.2) is 0 Å². The average molecular weight is 485 g/mol. The van der Waals surface area contributed by atoms with Crippen molar-refractivity contribution < 1.29 is 19.1 Å². The molecule has 192 valence electrons. The van der Waals surface area contributed by atoms with Gasteiger partial charge in [-0.05, 0) is 50.3 Å². The lowest BCUT2D eigenvalue weighted by molar-refractivity contribution is -0.142. The third-order valence-electron chi connectivity index (χ3n) is 5.23. The third kappa shape index (κ3) is 9.81. The summed E-state index contributed by atoms with van der Waals surface area (Å²) in [6.07, 6.45) is 3.69. The molecule has 0 fully saturated rings. The van der Waals surface area contributed by atoms with Crippen molar-refractivity contribution in [1.29, 1.82) is 5.26 Å². The first kappa shape index (κ1) is 29.7. The van der Waals surface area contributed by atoms with Crippen molar-refractivity contribution in [3.05, 3.63) is 42.0 Å². The van der Waals surface area contributed by atoms with Crippen LogP contribution < -0.4 is 10.6 Å². The van der Waals surface area contributed by atoms with Gasteiger partial charge in [0.1, 0.15) is 24.2 Å². The molecule has 2 unspecified atom stereocenters. The molecule has 0 aliphatic rings. The number of nitrogens with one attached hydrogen (secondary N) is 2. The van der Waals surface area contributed by atoms with Gasteiger partial charge >= 0.3 is 6.09 Å². The lowest BCUT2D eigenvalue weighted by Gasteiger charge is -2.34. The summed E-state index contributed by atoms with van der Waals surface area (Å²) in [5.41, 5.74) is 0.592. The summed E-state index contributed by atoms with van der Waals surface area (Å²) < 4.78 is 5.33. The number of hydrogen-bond donors (Lipinski definition) is 2. The van der Waals surface area contributed by atoms with Crippen LogP contribution in [0.3, 0.4) is 0 Å². The highest BCUT2D eigenvalue weighted by molar-refractivity contribution is 5.92. The van der Waals surface area contributed by atoms with Gasteiger partial charge in [-0.25, -0.2) is 4.79 Å². The van der Waals surface area contributed by atoms with Gasteiger partial charge in [-0.15, -0.1) is 0 Å². The molecule has 0 aliphatic carbocycles. The lowest BCUT2D eigenvalue weighted by Crippen LogP contribution is -2.55. The number of amides is 3. The summed E-state index contributed by atoms with van der Waals surface area (Å²) in [7, 11) is 0. The maximum Gasteiger partial charge on any atom is 0.408 e. The fourth-order valence-electron chi connectivity index (χ4n) is 3.51. The second kappa shape index (κ2) is 14.1. The molecule has 8 heteroatoms. The minimum absolute atomic E-state index is 0.316. The van der Waals surface area contributed by atoms with Crippen molar-refractivity contribution in [3.63, 3.8) is 0 Å². The van der Waals surface area contributed by atoms with Crippen LogP contribution in [0, 0.1) is 17.2 Å². The molecule has 1 rings (SSSR count). The Morgan fingerprint density at radius 1 is 1.23 bits per heavy atom. The zero-order valence-electron chi connectivity index (χ0n) is 21.9. The Kier molecular flexibility index (Phi) is 12.0. The first-order chi connectivity index (χ1) is 16.4. The smallest absolute Gasteiger partial charge is 0.408 e. The van der Waals surface area contributed by atoms with Gasteiger partial charge < -0.3 is 20.3 Å². The van der Waals surface area contributed by atoms with Crippen LogP contribution in [0.25, 0.3) is 6.08 Å². The number of carbonyl (C=O) groups is 3. The molecule has 0 heterocycles. The number of ether oxygens (including phenoxy) is 1. The van der Waals surface area contributed by atoms with Crippen molar-refractivity contribution in [2.75, 3.05) is 13.1 Å². The molecule has 8 nitrogen and oxygen atoms in total. The number of hydrogen-bond acceptors (Lipinski definition) is 5. The number of alkyl carbamates (subject to hydrolysis) is 1. The van der Waals surface area contributed by atoms with E-state index in [0.717, 1.165) is 24.8 Å². The molecule has 0 saturated carbocycles. The van der Waals surface area contributed by atoms with Crippen molar-refractivity contribution >= 4 is 24.0 Å². The van der Waals surface area contributed by atoms with E-state index in [1.54, 1.807) is 58.9 Å².